The van der Waals surface area contributed by atoms with E-state index in [0.717, 1.165) is 29.3 Å². The molecule has 1 aromatic heterocycles. The smallest absolute Gasteiger partial charge is 0.160 e. The number of hydrogen-bond acceptors (Lipinski definition) is 3. The van der Waals surface area contributed by atoms with Crippen LogP contribution in [0.3, 0.4) is 0 Å². The number of rotatable bonds is 3. The van der Waals surface area contributed by atoms with Crippen LogP contribution in [0.2, 0.25) is 0 Å². The molecule has 0 spiro atoms. The van der Waals surface area contributed by atoms with Crippen molar-refractivity contribution in [2.75, 3.05) is 7.05 Å². The predicted molar refractivity (Wildman–Crippen MR) is 82.5 cm³/mol. The molecule has 2 aromatic carbocycles. The van der Waals surface area contributed by atoms with Gasteiger partial charge in [-0.3, -0.25) is 0 Å². The fourth-order valence-electron chi connectivity index (χ4n) is 2.45. The molecular weight excluding hydrogens is 246 g/mol. The van der Waals surface area contributed by atoms with E-state index in [-0.39, 0.29) is 0 Å². The third-order valence-corrected chi connectivity index (χ3v) is 3.30. The minimum atomic E-state index is 0.751. The standard InChI is InChI=1S/C17H17N3/c1-12-10-14(11-18-2)20-17(19-12)16-9-5-7-13-6-3-4-8-15(13)16/h3-10,18H,11H2,1-2H3. The first kappa shape index (κ1) is 12.8. The largest absolute Gasteiger partial charge is 0.314 e. The van der Waals surface area contributed by atoms with E-state index in [1.165, 1.54) is 10.8 Å². The first-order valence-corrected chi connectivity index (χ1v) is 6.75. The van der Waals surface area contributed by atoms with Gasteiger partial charge in [0.1, 0.15) is 0 Å². The zero-order valence-corrected chi connectivity index (χ0v) is 11.7. The Bertz CT molecular complexity index is 745. The monoisotopic (exact) mass is 263 g/mol. The van der Waals surface area contributed by atoms with E-state index in [1.54, 1.807) is 0 Å². The minimum Gasteiger partial charge on any atom is -0.314 e. The van der Waals surface area contributed by atoms with Crippen LogP contribution in [0.25, 0.3) is 22.2 Å². The van der Waals surface area contributed by atoms with Crippen molar-refractivity contribution in [3.8, 4) is 11.4 Å². The van der Waals surface area contributed by atoms with Crippen molar-refractivity contribution in [3.05, 3.63) is 59.9 Å². The van der Waals surface area contributed by atoms with Crippen LogP contribution < -0.4 is 5.32 Å². The number of aromatic nitrogens is 2. The van der Waals surface area contributed by atoms with Crippen molar-refractivity contribution in [3.63, 3.8) is 0 Å². The molecule has 100 valence electrons. The van der Waals surface area contributed by atoms with Gasteiger partial charge in [-0.05, 0) is 30.8 Å². The van der Waals surface area contributed by atoms with E-state index in [0.29, 0.717) is 0 Å². The molecule has 0 atom stereocenters. The van der Waals surface area contributed by atoms with Crippen molar-refractivity contribution in [2.24, 2.45) is 0 Å². The molecule has 0 saturated carbocycles. The average molecular weight is 263 g/mol. The van der Waals surface area contributed by atoms with Crippen LogP contribution in [0.5, 0.6) is 0 Å². The van der Waals surface area contributed by atoms with Gasteiger partial charge in [-0.25, -0.2) is 9.97 Å². The molecule has 0 unspecified atom stereocenters. The van der Waals surface area contributed by atoms with E-state index < -0.39 is 0 Å². The molecule has 3 aromatic rings. The summed E-state index contributed by atoms with van der Waals surface area (Å²) in [4.78, 5) is 9.27. The highest BCUT2D eigenvalue weighted by atomic mass is 14.9. The molecule has 0 aliphatic rings. The summed E-state index contributed by atoms with van der Waals surface area (Å²) in [5.41, 5.74) is 3.10. The molecule has 1 heterocycles. The van der Waals surface area contributed by atoms with Gasteiger partial charge in [-0.1, -0.05) is 42.5 Å². The van der Waals surface area contributed by atoms with Crippen molar-refractivity contribution in [1.82, 2.24) is 15.3 Å². The highest BCUT2D eigenvalue weighted by Crippen LogP contribution is 2.26. The van der Waals surface area contributed by atoms with E-state index in [1.807, 2.05) is 20.0 Å². The Kier molecular flexibility index (Phi) is 3.44. The van der Waals surface area contributed by atoms with Gasteiger partial charge in [0.05, 0.1) is 5.69 Å². The normalized spacial score (nSPS) is 10.9. The fourth-order valence-corrected chi connectivity index (χ4v) is 2.45. The summed E-state index contributed by atoms with van der Waals surface area (Å²) in [6, 6.07) is 16.6. The van der Waals surface area contributed by atoms with E-state index in [4.69, 9.17) is 0 Å². The van der Waals surface area contributed by atoms with E-state index in [2.05, 4.69) is 57.7 Å². The lowest BCUT2D eigenvalue weighted by molar-refractivity contribution is 0.785. The SMILES string of the molecule is CNCc1cc(C)nc(-c2cccc3ccccc23)n1. The van der Waals surface area contributed by atoms with E-state index in [9.17, 15) is 0 Å². The highest BCUT2D eigenvalue weighted by molar-refractivity contribution is 5.94. The Hall–Kier alpha value is -2.26. The summed E-state index contributed by atoms with van der Waals surface area (Å²) in [5.74, 6) is 0.798. The van der Waals surface area contributed by atoms with Gasteiger partial charge in [0.2, 0.25) is 0 Å². The Morgan fingerprint density at radius 2 is 1.80 bits per heavy atom. The molecule has 0 fully saturated rings. The van der Waals surface area contributed by atoms with Gasteiger partial charge in [-0.2, -0.15) is 0 Å². The second kappa shape index (κ2) is 5.39. The van der Waals surface area contributed by atoms with Gasteiger partial charge >= 0.3 is 0 Å². The second-order valence-electron chi connectivity index (χ2n) is 4.88. The number of nitrogens with one attached hydrogen (secondary N) is 1. The van der Waals surface area contributed by atoms with Crippen LogP contribution in [-0.4, -0.2) is 17.0 Å². The summed E-state index contributed by atoms with van der Waals surface area (Å²) < 4.78 is 0. The third kappa shape index (κ3) is 2.40. The van der Waals surface area contributed by atoms with Gasteiger partial charge < -0.3 is 5.32 Å². The maximum absolute atomic E-state index is 4.67. The second-order valence-corrected chi connectivity index (χ2v) is 4.88. The highest BCUT2D eigenvalue weighted by Gasteiger charge is 2.08. The molecule has 3 heteroatoms. The summed E-state index contributed by atoms with van der Waals surface area (Å²) in [5, 5.41) is 5.54. The molecule has 1 N–H and O–H groups in total. The van der Waals surface area contributed by atoms with Crippen LogP contribution in [-0.2, 0) is 6.54 Å². The van der Waals surface area contributed by atoms with Crippen LogP contribution in [0.1, 0.15) is 11.4 Å². The van der Waals surface area contributed by atoms with Crippen LogP contribution in [0.4, 0.5) is 0 Å². The topological polar surface area (TPSA) is 37.8 Å². The zero-order valence-electron chi connectivity index (χ0n) is 11.7. The molecule has 0 radical (unpaired) electrons. The Labute approximate surface area is 118 Å². The summed E-state index contributed by atoms with van der Waals surface area (Å²) in [7, 11) is 1.93. The quantitative estimate of drug-likeness (QED) is 0.787. The lowest BCUT2D eigenvalue weighted by Crippen LogP contribution is -2.08. The van der Waals surface area contributed by atoms with Crippen molar-refractivity contribution >= 4 is 10.8 Å². The first-order chi connectivity index (χ1) is 9.78. The molecular formula is C17H17N3. The number of benzene rings is 2. The third-order valence-electron chi connectivity index (χ3n) is 3.30. The van der Waals surface area contributed by atoms with Gasteiger partial charge in [-0.15, -0.1) is 0 Å². The van der Waals surface area contributed by atoms with Crippen molar-refractivity contribution in [2.45, 2.75) is 13.5 Å². The van der Waals surface area contributed by atoms with E-state index >= 15 is 0 Å². The average Bonchev–Trinajstić information content (AvgIpc) is 2.46. The Morgan fingerprint density at radius 1 is 1.00 bits per heavy atom. The number of fused-ring (bicyclic) bond motifs is 1. The maximum Gasteiger partial charge on any atom is 0.160 e. The molecule has 0 saturated heterocycles. The Morgan fingerprint density at radius 3 is 2.65 bits per heavy atom. The van der Waals surface area contributed by atoms with Gasteiger partial charge in [0.25, 0.3) is 0 Å². The summed E-state index contributed by atoms with van der Waals surface area (Å²) in [6.45, 7) is 2.76. The number of hydrogen-bond donors (Lipinski definition) is 1. The lowest BCUT2D eigenvalue weighted by Gasteiger charge is -2.08. The van der Waals surface area contributed by atoms with Crippen LogP contribution in [0.15, 0.2) is 48.5 Å². The fraction of sp³-hybridized carbons (Fsp3) is 0.176. The van der Waals surface area contributed by atoms with Crippen molar-refractivity contribution < 1.29 is 0 Å². The molecule has 0 aliphatic carbocycles. The lowest BCUT2D eigenvalue weighted by atomic mass is 10.0. The van der Waals surface area contributed by atoms with Gasteiger partial charge in [0, 0.05) is 17.8 Å². The van der Waals surface area contributed by atoms with Crippen LogP contribution >= 0.6 is 0 Å². The Balaban J connectivity index is 2.20. The molecule has 20 heavy (non-hydrogen) atoms. The molecule has 3 nitrogen and oxygen atoms in total. The molecule has 0 aliphatic heterocycles. The number of nitrogens with zero attached hydrogens (tertiary/aromatic N) is 2. The minimum absolute atomic E-state index is 0.751. The van der Waals surface area contributed by atoms with Crippen molar-refractivity contribution in [1.29, 1.82) is 0 Å². The number of aryl methyl sites for hydroxylation is 1. The summed E-state index contributed by atoms with van der Waals surface area (Å²) >= 11 is 0. The predicted octanol–water partition coefficient (Wildman–Crippen LogP) is 3.32. The zero-order chi connectivity index (χ0) is 13.9. The maximum atomic E-state index is 4.67. The van der Waals surface area contributed by atoms with Crippen LogP contribution in [0, 0.1) is 6.92 Å². The van der Waals surface area contributed by atoms with Gasteiger partial charge in [0.15, 0.2) is 5.82 Å². The summed E-state index contributed by atoms with van der Waals surface area (Å²) in [6.07, 6.45) is 0. The molecule has 0 amide bonds. The first-order valence-electron chi connectivity index (χ1n) is 6.75. The molecule has 3 rings (SSSR count). The molecule has 0 bridgehead atoms.